The fourth-order valence-electron chi connectivity index (χ4n) is 4.29. The van der Waals surface area contributed by atoms with Gasteiger partial charge in [-0.25, -0.2) is 14.4 Å². The van der Waals surface area contributed by atoms with Gasteiger partial charge >= 0.3 is 0 Å². The summed E-state index contributed by atoms with van der Waals surface area (Å²) in [5.74, 6) is 0.508. The molecule has 1 fully saturated rings. The molecule has 1 aromatic heterocycles. The van der Waals surface area contributed by atoms with Crippen molar-refractivity contribution in [3.8, 4) is 17.3 Å². The van der Waals surface area contributed by atoms with Gasteiger partial charge in [0, 0.05) is 26.3 Å². The first-order valence-electron chi connectivity index (χ1n) is 11.8. The first-order chi connectivity index (χ1) is 16.6. The maximum atomic E-state index is 13.4. The Hall–Kier alpha value is -3.79. The summed E-state index contributed by atoms with van der Waals surface area (Å²) >= 11 is 0. The van der Waals surface area contributed by atoms with Crippen LogP contribution in [0.4, 0.5) is 10.3 Å². The van der Waals surface area contributed by atoms with E-state index in [1.807, 2.05) is 6.07 Å². The van der Waals surface area contributed by atoms with Crippen molar-refractivity contribution >= 4 is 11.9 Å². The molecule has 1 heterocycles. The number of nitrogens with zero attached hydrogens (tertiary/aromatic N) is 3. The second-order valence-corrected chi connectivity index (χ2v) is 8.67. The molecule has 2 N–H and O–H groups in total. The number of benzene rings is 2. The number of nitriles is 1. The fraction of sp³-hybridized carbons (Fsp3) is 0.333. The fourth-order valence-corrected chi connectivity index (χ4v) is 4.29. The van der Waals surface area contributed by atoms with Crippen LogP contribution in [-0.2, 0) is 6.42 Å². The average molecular weight is 460 g/mol. The van der Waals surface area contributed by atoms with Gasteiger partial charge in [-0.2, -0.15) is 5.26 Å². The Morgan fingerprint density at radius 1 is 1.15 bits per heavy atom. The Morgan fingerprint density at radius 3 is 2.68 bits per heavy atom. The number of amides is 1. The van der Waals surface area contributed by atoms with Crippen molar-refractivity contribution in [2.24, 2.45) is 5.92 Å². The Morgan fingerprint density at radius 2 is 1.94 bits per heavy atom. The molecule has 6 nitrogen and oxygen atoms in total. The Kier molecular flexibility index (Phi) is 7.82. The second kappa shape index (κ2) is 11.4. The number of hydrogen-bond acceptors (Lipinski definition) is 5. The molecule has 1 saturated carbocycles. The van der Waals surface area contributed by atoms with E-state index >= 15 is 0 Å². The summed E-state index contributed by atoms with van der Waals surface area (Å²) in [6.45, 7) is 1.17. The molecule has 176 valence electrons. The zero-order valence-electron chi connectivity index (χ0n) is 19.1. The third kappa shape index (κ3) is 6.16. The molecular formula is C27H30FN5O. The van der Waals surface area contributed by atoms with Gasteiger partial charge in [-0.3, -0.25) is 4.79 Å². The van der Waals surface area contributed by atoms with Gasteiger partial charge in [-0.1, -0.05) is 43.5 Å². The third-order valence-corrected chi connectivity index (χ3v) is 6.18. The lowest BCUT2D eigenvalue weighted by Crippen LogP contribution is -2.27. The van der Waals surface area contributed by atoms with Crippen LogP contribution >= 0.6 is 0 Å². The highest BCUT2D eigenvalue weighted by Gasteiger charge is 2.18. The lowest BCUT2D eigenvalue weighted by Gasteiger charge is -2.22. The summed E-state index contributed by atoms with van der Waals surface area (Å²) in [7, 11) is 0. The standard InChI is InChI=1S/C27H28FN5O.H2/c28-23-8-4-7-19(15-23)13-14-30-26(34)24-18-32-27(31-17-21-5-2-1-3-6-21)33-25(24)22-11-9-20(16-29)10-12-22;/h4,7-12,15,18,21H,1-3,5-6,13-14,17H2,(H,30,34)(H,31,32,33);1H. The maximum Gasteiger partial charge on any atom is 0.255 e. The van der Waals surface area contributed by atoms with Crippen molar-refractivity contribution in [3.63, 3.8) is 0 Å². The van der Waals surface area contributed by atoms with Crippen molar-refractivity contribution in [2.75, 3.05) is 18.4 Å². The molecule has 0 unspecified atom stereocenters. The van der Waals surface area contributed by atoms with E-state index in [1.165, 1.54) is 44.2 Å². The quantitative estimate of drug-likeness (QED) is 0.473. The van der Waals surface area contributed by atoms with Crippen LogP contribution < -0.4 is 10.6 Å². The molecule has 0 saturated heterocycles. The molecule has 4 rings (SSSR count). The molecule has 2 aromatic carbocycles. The minimum Gasteiger partial charge on any atom is -0.354 e. The molecule has 1 aliphatic carbocycles. The number of carbonyl (C=O) groups is 1. The number of aromatic nitrogens is 2. The number of carbonyl (C=O) groups excluding carboxylic acids is 1. The highest BCUT2D eigenvalue weighted by molar-refractivity contribution is 5.99. The molecule has 0 atom stereocenters. The molecule has 3 aromatic rings. The summed E-state index contributed by atoms with van der Waals surface area (Å²) in [5.41, 5.74) is 2.94. The van der Waals surface area contributed by atoms with E-state index in [1.54, 1.807) is 36.5 Å². The maximum absolute atomic E-state index is 13.4. The van der Waals surface area contributed by atoms with Crippen LogP contribution in [0.1, 0.15) is 55.0 Å². The van der Waals surface area contributed by atoms with E-state index in [-0.39, 0.29) is 13.2 Å². The lowest BCUT2D eigenvalue weighted by molar-refractivity contribution is 0.0954. The van der Waals surface area contributed by atoms with Gasteiger partial charge in [0.05, 0.1) is 22.9 Å². The van der Waals surface area contributed by atoms with E-state index in [0.717, 1.165) is 17.7 Å². The summed E-state index contributed by atoms with van der Waals surface area (Å²) in [6, 6.07) is 15.4. The van der Waals surface area contributed by atoms with Gasteiger partial charge in [0.2, 0.25) is 5.95 Å². The monoisotopic (exact) mass is 459 g/mol. The lowest BCUT2D eigenvalue weighted by atomic mass is 9.89. The van der Waals surface area contributed by atoms with Crippen LogP contribution in [0.25, 0.3) is 11.3 Å². The van der Waals surface area contributed by atoms with E-state index in [9.17, 15) is 9.18 Å². The molecule has 0 bridgehead atoms. The van der Waals surface area contributed by atoms with E-state index in [4.69, 9.17) is 5.26 Å². The zero-order valence-corrected chi connectivity index (χ0v) is 19.1. The first-order valence-corrected chi connectivity index (χ1v) is 11.8. The van der Waals surface area contributed by atoms with Crippen LogP contribution in [0, 0.1) is 23.1 Å². The largest absolute Gasteiger partial charge is 0.354 e. The van der Waals surface area contributed by atoms with Gasteiger partial charge < -0.3 is 10.6 Å². The number of anilines is 1. The van der Waals surface area contributed by atoms with Crippen molar-refractivity contribution in [1.82, 2.24) is 15.3 Å². The summed E-state index contributed by atoms with van der Waals surface area (Å²) < 4.78 is 13.4. The smallest absolute Gasteiger partial charge is 0.255 e. The van der Waals surface area contributed by atoms with Crippen LogP contribution in [0.3, 0.4) is 0 Å². The molecule has 0 aliphatic heterocycles. The normalized spacial score (nSPS) is 13.8. The first kappa shape index (κ1) is 23.4. The molecule has 34 heavy (non-hydrogen) atoms. The summed E-state index contributed by atoms with van der Waals surface area (Å²) in [6.07, 6.45) is 8.30. The predicted octanol–water partition coefficient (Wildman–Crippen LogP) is 5.37. The molecule has 1 amide bonds. The van der Waals surface area contributed by atoms with Crippen molar-refractivity contribution in [3.05, 3.63) is 77.2 Å². The van der Waals surface area contributed by atoms with Crippen molar-refractivity contribution in [2.45, 2.75) is 38.5 Å². The van der Waals surface area contributed by atoms with Crippen LogP contribution in [0.15, 0.2) is 54.7 Å². The van der Waals surface area contributed by atoms with Gasteiger partial charge in [0.1, 0.15) is 5.82 Å². The zero-order chi connectivity index (χ0) is 23.8. The highest BCUT2D eigenvalue weighted by Crippen LogP contribution is 2.25. The minimum absolute atomic E-state index is 0. The van der Waals surface area contributed by atoms with Gasteiger partial charge in [-0.15, -0.1) is 0 Å². The summed E-state index contributed by atoms with van der Waals surface area (Å²) in [4.78, 5) is 22.1. The molecular weight excluding hydrogens is 429 g/mol. The minimum atomic E-state index is -0.297. The van der Waals surface area contributed by atoms with Gasteiger partial charge in [-0.05, 0) is 55.0 Å². The number of halogens is 1. The molecule has 0 spiro atoms. The predicted molar refractivity (Wildman–Crippen MR) is 132 cm³/mol. The van der Waals surface area contributed by atoms with Crippen molar-refractivity contribution in [1.29, 1.82) is 5.26 Å². The van der Waals surface area contributed by atoms with E-state index in [2.05, 4.69) is 26.7 Å². The number of nitrogens with one attached hydrogen (secondary N) is 2. The average Bonchev–Trinajstić information content (AvgIpc) is 2.88. The molecule has 1 aliphatic rings. The van der Waals surface area contributed by atoms with E-state index < -0.39 is 0 Å². The molecule has 7 heteroatoms. The van der Waals surface area contributed by atoms with Gasteiger partial charge in [0.25, 0.3) is 5.91 Å². The topological polar surface area (TPSA) is 90.7 Å². The second-order valence-electron chi connectivity index (χ2n) is 8.67. The van der Waals surface area contributed by atoms with Crippen LogP contribution in [0.5, 0.6) is 0 Å². The third-order valence-electron chi connectivity index (χ3n) is 6.18. The van der Waals surface area contributed by atoms with Crippen LogP contribution in [0.2, 0.25) is 0 Å². The van der Waals surface area contributed by atoms with Crippen LogP contribution in [-0.4, -0.2) is 29.0 Å². The Bertz CT molecular complexity index is 1170. The Balaban J connectivity index is 0.00000342. The van der Waals surface area contributed by atoms with Gasteiger partial charge in [0.15, 0.2) is 0 Å². The molecule has 0 radical (unpaired) electrons. The van der Waals surface area contributed by atoms with E-state index in [0.29, 0.717) is 41.7 Å². The number of hydrogen-bond donors (Lipinski definition) is 2. The Labute approximate surface area is 200 Å². The van der Waals surface area contributed by atoms with Crippen molar-refractivity contribution < 1.29 is 10.6 Å². The number of rotatable bonds is 8. The SMILES string of the molecule is N#Cc1ccc(-c2nc(NCC3CCCCC3)ncc2C(=O)NCCc2cccc(F)c2)cc1.[HH]. The summed E-state index contributed by atoms with van der Waals surface area (Å²) in [5, 5.41) is 15.3. The highest BCUT2D eigenvalue weighted by atomic mass is 19.1.